The van der Waals surface area contributed by atoms with Crippen LogP contribution in [0.1, 0.15) is 19.4 Å². The van der Waals surface area contributed by atoms with Crippen LogP contribution in [-0.4, -0.2) is 29.4 Å². The minimum atomic E-state index is -0.835. The van der Waals surface area contributed by atoms with Crippen LogP contribution in [0.3, 0.4) is 0 Å². The van der Waals surface area contributed by atoms with E-state index in [1.807, 2.05) is 43.0 Å². The number of carbonyl (C=O) groups excluding carboxylic acids is 2. The fourth-order valence-corrected chi connectivity index (χ4v) is 1.71. The van der Waals surface area contributed by atoms with Crippen LogP contribution in [0.2, 0.25) is 0 Å². The summed E-state index contributed by atoms with van der Waals surface area (Å²) in [7, 11) is 0. The van der Waals surface area contributed by atoms with Crippen LogP contribution in [0.4, 0.5) is 10.5 Å². The summed E-state index contributed by atoms with van der Waals surface area (Å²) in [6, 6.07) is 6.80. The number of rotatable bonds is 5. The van der Waals surface area contributed by atoms with E-state index in [4.69, 9.17) is 11.5 Å². The van der Waals surface area contributed by atoms with Crippen LogP contribution in [0.5, 0.6) is 0 Å². The van der Waals surface area contributed by atoms with Gasteiger partial charge < -0.3 is 11.5 Å². The topological polar surface area (TPSA) is 101 Å². The first-order valence-electron chi connectivity index (χ1n) is 6.06. The lowest BCUT2D eigenvalue weighted by Crippen LogP contribution is -2.44. The van der Waals surface area contributed by atoms with Crippen LogP contribution in [0.15, 0.2) is 24.3 Å². The largest absolute Gasteiger partial charge is 0.399 e. The quantitative estimate of drug-likeness (QED) is 0.680. The molecule has 0 fully saturated rings. The molecule has 0 aliphatic rings. The molecular weight excluding hydrogens is 244 g/mol. The van der Waals surface area contributed by atoms with Crippen LogP contribution in [-0.2, 0) is 11.3 Å². The lowest BCUT2D eigenvalue weighted by molar-refractivity contribution is -0.121. The fourth-order valence-electron chi connectivity index (χ4n) is 1.71. The Labute approximate surface area is 112 Å². The van der Waals surface area contributed by atoms with Crippen molar-refractivity contribution in [3.63, 3.8) is 0 Å². The number of anilines is 1. The first kappa shape index (κ1) is 15.0. The minimum absolute atomic E-state index is 0.107. The highest BCUT2D eigenvalue weighted by atomic mass is 16.2. The van der Waals surface area contributed by atoms with Gasteiger partial charge in [-0.1, -0.05) is 12.1 Å². The molecule has 0 spiro atoms. The lowest BCUT2D eigenvalue weighted by atomic mass is 10.1. The average molecular weight is 264 g/mol. The van der Waals surface area contributed by atoms with Gasteiger partial charge in [-0.2, -0.15) is 0 Å². The Morgan fingerprint density at radius 2 is 2.05 bits per heavy atom. The molecule has 6 nitrogen and oxygen atoms in total. The van der Waals surface area contributed by atoms with Crippen molar-refractivity contribution in [2.24, 2.45) is 5.73 Å². The first-order chi connectivity index (χ1) is 8.88. The number of hydrogen-bond acceptors (Lipinski definition) is 4. The molecule has 0 atom stereocenters. The van der Waals surface area contributed by atoms with Crippen molar-refractivity contribution in [1.82, 2.24) is 10.2 Å². The average Bonchev–Trinajstić information content (AvgIpc) is 2.26. The number of nitrogen functional groups attached to an aromatic ring is 1. The third kappa shape index (κ3) is 5.39. The van der Waals surface area contributed by atoms with Gasteiger partial charge in [0.25, 0.3) is 0 Å². The van der Waals surface area contributed by atoms with Gasteiger partial charge in [0, 0.05) is 18.3 Å². The summed E-state index contributed by atoms with van der Waals surface area (Å²) in [5.41, 5.74) is 12.3. The summed E-state index contributed by atoms with van der Waals surface area (Å²) in [4.78, 5) is 24.1. The molecular formula is C13H20N4O2. The Morgan fingerprint density at radius 3 is 2.58 bits per heavy atom. The number of benzene rings is 1. The minimum Gasteiger partial charge on any atom is -0.399 e. The number of amides is 3. The van der Waals surface area contributed by atoms with Crippen molar-refractivity contribution in [2.45, 2.75) is 26.4 Å². The van der Waals surface area contributed by atoms with Crippen LogP contribution < -0.4 is 16.8 Å². The van der Waals surface area contributed by atoms with Gasteiger partial charge in [-0.05, 0) is 31.5 Å². The van der Waals surface area contributed by atoms with Crippen LogP contribution in [0, 0.1) is 0 Å². The third-order valence-electron chi connectivity index (χ3n) is 2.68. The normalized spacial score (nSPS) is 10.7. The van der Waals surface area contributed by atoms with Gasteiger partial charge >= 0.3 is 6.03 Å². The van der Waals surface area contributed by atoms with Crippen molar-refractivity contribution in [3.05, 3.63) is 29.8 Å². The van der Waals surface area contributed by atoms with Gasteiger partial charge in [-0.15, -0.1) is 0 Å². The smallest absolute Gasteiger partial charge is 0.318 e. The van der Waals surface area contributed by atoms with Gasteiger partial charge in [0.05, 0.1) is 6.54 Å². The second-order valence-electron chi connectivity index (χ2n) is 4.66. The Bertz CT molecular complexity index is 460. The molecule has 0 aliphatic heterocycles. The van der Waals surface area contributed by atoms with E-state index in [2.05, 4.69) is 5.32 Å². The Balaban J connectivity index is 2.68. The molecule has 0 saturated heterocycles. The molecule has 3 amide bonds. The molecule has 0 saturated carbocycles. The first-order valence-corrected chi connectivity index (χ1v) is 6.06. The van der Waals surface area contributed by atoms with Crippen LogP contribution in [0.25, 0.3) is 0 Å². The Morgan fingerprint density at radius 1 is 1.37 bits per heavy atom. The molecule has 1 rings (SSSR count). The summed E-state index contributed by atoms with van der Waals surface area (Å²) in [6.07, 6.45) is 0. The highest BCUT2D eigenvalue weighted by Gasteiger charge is 2.15. The standard InChI is InChI=1S/C13H20N4O2/c1-9(2)17(8-12(18)16-13(15)19)7-10-4-3-5-11(14)6-10/h3-6,9H,7-8,14H2,1-2H3,(H3,15,16,18,19). The van der Waals surface area contributed by atoms with Crippen molar-refractivity contribution < 1.29 is 9.59 Å². The fraction of sp³-hybridized carbons (Fsp3) is 0.385. The van der Waals surface area contributed by atoms with E-state index in [9.17, 15) is 9.59 Å². The second kappa shape index (κ2) is 6.75. The van der Waals surface area contributed by atoms with Crippen molar-refractivity contribution in [3.8, 4) is 0 Å². The van der Waals surface area contributed by atoms with Gasteiger partial charge in [-0.3, -0.25) is 15.0 Å². The summed E-state index contributed by atoms with van der Waals surface area (Å²) < 4.78 is 0. The molecule has 0 aliphatic carbocycles. The molecule has 5 N–H and O–H groups in total. The number of carbonyl (C=O) groups is 2. The molecule has 0 unspecified atom stereocenters. The molecule has 19 heavy (non-hydrogen) atoms. The van der Waals surface area contributed by atoms with E-state index in [1.54, 1.807) is 0 Å². The summed E-state index contributed by atoms with van der Waals surface area (Å²) in [5, 5.41) is 2.06. The maximum atomic E-state index is 11.5. The van der Waals surface area contributed by atoms with Crippen molar-refractivity contribution >= 4 is 17.6 Å². The van der Waals surface area contributed by atoms with Gasteiger partial charge in [-0.25, -0.2) is 4.79 Å². The zero-order chi connectivity index (χ0) is 14.4. The molecule has 0 radical (unpaired) electrons. The van der Waals surface area contributed by atoms with E-state index in [1.165, 1.54) is 0 Å². The van der Waals surface area contributed by atoms with E-state index >= 15 is 0 Å². The Hall–Kier alpha value is -2.08. The van der Waals surface area contributed by atoms with Gasteiger partial charge in [0.2, 0.25) is 5.91 Å². The van der Waals surface area contributed by atoms with E-state index in [-0.39, 0.29) is 12.6 Å². The zero-order valence-electron chi connectivity index (χ0n) is 11.2. The highest BCUT2D eigenvalue weighted by molar-refractivity contribution is 5.94. The molecule has 6 heteroatoms. The maximum absolute atomic E-state index is 11.5. The predicted octanol–water partition coefficient (Wildman–Crippen LogP) is 0.674. The number of primary amides is 1. The molecule has 0 heterocycles. The van der Waals surface area contributed by atoms with E-state index in [0.29, 0.717) is 12.2 Å². The summed E-state index contributed by atoms with van der Waals surface area (Å²) >= 11 is 0. The van der Waals surface area contributed by atoms with E-state index < -0.39 is 11.9 Å². The molecule has 1 aromatic carbocycles. The molecule has 0 bridgehead atoms. The Kier molecular flexibility index (Phi) is 5.32. The number of nitrogens with two attached hydrogens (primary N) is 2. The molecule has 104 valence electrons. The highest BCUT2D eigenvalue weighted by Crippen LogP contribution is 2.11. The number of nitrogens with one attached hydrogen (secondary N) is 1. The predicted molar refractivity (Wildman–Crippen MR) is 74.1 cm³/mol. The molecule has 1 aromatic rings. The number of nitrogens with zero attached hydrogens (tertiary/aromatic N) is 1. The molecule has 0 aromatic heterocycles. The number of urea groups is 1. The van der Waals surface area contributed by atoms with Crippen molar-refractivity contribution in [1.29, 1.82) is 0 Å². The summed E-state index contributed by atoms with van der Waals surface area (Å²) in [6.45, 7) is 4.64. The van der Waals surface area contributed by atoms with E-state index in [0.717, 1.165) is 5.56 Å². The zero-order valence-corrected chi connectivity index (χ0v) is 11.2. The second-order valence-corrected chi connectivity index (χ2v) is 4.66. The SMILES string of the molecule is CC(C)N(CC(=O)NC(N)=O)Cc1cccc(N)c1. The monoisotopic (exact) mass is 264 g/mol. The van der Waals surface area contributed by atoms with Crippen LogP contribution >= 0.6 is 0 Å². The third-order valence-corrected chi connectivity index (χ3v) is 2.68. The lowest BCUT2D eigenvalue weighted by Gasteiger charge is -2.25. The number of imide groups is 1. The van der Waals surface area contributed by atoms with Crippen molar-refractivity contribution in [2.75, 3.05) is 12.3 Å². The van der Waals surface area contributed by atoms with Gasteiger partial charge in [0.15, 0.2) is 0 Å². The van der Waals surface area contributed by atoms with Gasteiger partial charge in [0.1, 0.15) is 0 Å². The number of hydrogen-bond donors (Lipinski definition) is 3. The summed E-state index contributed by atoms with van der Waals surface area (Å²) in [5.74, 6) is -0.412. The maximum Gasteiger partial charge on any atom is 0.318 e.